The Labute approximate surface area is 111 Å². The quantitative estimate of drug-likeness (QED) is 0.432. The Morgan fingerprint density at radius 1 is 1.31 bits per heavy atom. The first-order valence-corrected chi connectivity index (χ1v) is 7.45. The van der Waals surface area contributed by atoms with E-state index in [1.807, 2.05) is 11.3 Å². The summed E-state index contributed by atoms with van der Waals surface area (Å²) in [5, 5.41) is 2.28. The van der Waals surface area contributed by atoms with E-state index in [4.69, 9.17) is 0 Å². The Kier molecular flexibility index (Phi) is 3.33. The van der Waals surface area contributed by atoms with Crippen molar-refractivity contribution in [2.24, 2.45) is 0 Å². The zero-order valence-electron chi connectivity index (χ0n) is 6.48. The maximum absolute atomic E-state index is 3.53. The van der Waals surface area contributed by atoms with Crippen LogP contribution in [0.15, 0.2) is 22.7 Å². The van der Waals surface area contributed by atoms with Gasteiger partial charge in [0.1, 0.15) is 0 Å². The topological polar surface area (TPSA) is 0 Å². The number of thiophene rings is 1. The van der Waals surface area contributed by atoms with Gasteiger partial charge in [-0.1, -0.05) is 15.9 Å². The van der Waals surface area contributed by atoms with E-state index in [9.17, 15) is 0 Å². The second kappa shape index (κ2) is 4.16. The van der Waals surface area contributed by atoms with Gasteiger partial charge in [-0.3, -0.25) is 0 Å². The molecule has 0 saturated carbocycles. The molecule has 0 bridgehead atoms. The monoisotopic (exact) mass is 430 g/mol. The van der Waals surface area contributed by atoms with Crippen LogP contribution in [0, 0.1) is 3.57 Å². The van der Waals surface area contributed by atoms with Gasteiger partial charge < -0.3 is 0 Å². The van der Waals surface area contributed by atoms with Gasteiger partial charge in [-0.2, -0.15) is 0 Å². The third-order valence-corrected chi connectivity index (χ3v) is 6.10. The molecular weight excluding hydrogens is 427 g/mol. The minimum atomic E-state index is 0.945. The maximum Gasteiger partial charge on any atom is 0.0377 e. The lowest BCUT2D eigenvalue weighted by Crippen LogP contribution is -1.71. The highest BCUT2D eigenvalue weighted by Gasteiger charge is 2.03. The second-order valence-electron chi connectivity index (χ2n) is 2.65. The fourth-order valence-corrected chi connectivity index (χ4v) is 3.58. The smallest absolute Gasteiger partial charge is 0.0377 e. The zero-order valence-corrected chi connectivity index (χ0v) is 12.6. The van der Waals surface area contributed by atoms with Crippen LogP contribution in [0.4, 0.5) is 0 Å². The molecule has 0 aliphatic rings. The van der Waals surface area contributed by atoms with Gasteiger partial charge in [0.15, 0.2) is 0 Å². The van der Waals surface area contributed by atoms with Crippen LogP contribution in [0.2, 0.25) is 0 Å². The lowest BCUT2D eigenvalue weighted by atomic mass is 10.2. The van der Waals surface area contributed by atoms with Gasteiger partial charge >= 0.3 is 0 Å². The first-order chi connectivity index (χ1) is 6.20. The second-order valence-corrected chi connectivity index (χ2v) is 6.40. The van der Waals surface area contributed by atoms with E-state index >= 15 is 0 Å². The highest BCUT2D eigenvalue weighted by Crippen LogP contribution is 2.32. The predicted molar refractivity (Wildman–Crippen MR) is 74.9 cm³/mol. The number of halogens is 3. The lowest BCUT2D eigenvalue weighted by molar-refractivity contribution is 1.59. The lowest BCUT2D eigenvalue weighted by Gasteiger charge is -1.94. The standard InChI is InChI=1S/C9H5Br2IS/c10-4-6-1-5-2-8(12)7(11)3-9(5)13-6/h1-3H,4H2. The zero-order chi connectivity index (χ0) is 9.42. The van der Waals surface area contributed by atoms with Crippen molar-refractivity contribution in [2.75, 3.05) is 0 Å². The molecule has 0 fully saturated rings. The highest BCUT2D eigenvalue weighted by molar-refractivity contribution is 14.1. The van der Waals surface area contributed by atoms with Gasteiger partial charge in [0.2, 0.25) is 0 Å². The molecule has 4 heteroatoms. The Hall–Kier alpha value is 0.870. The Morgan fingerprint density at radius 3 is 2.77 bits per heavy atom. The number of hydrogen-bond donors (Lipinski definition) is 0. The summed E-state index contributed by atoms with van der Waals surface area (Å²) in [6, 6.07) is 6.64. The summed E-state index contributed by atoms with van der Waals surface area (Å²) in [5.74, 6) is 0. The summed E-state index contributed by atoms with van der Waals surface area (Å²) < 4.78 is 3.80. The molecule has 0 aliphatic carbocycles. The summed E-state index contributed by atoms with van der Waals surface area (Å²) in [5.41, 5.74) is 0. The van der Waals surface area contributed by atoms with Crippen LogP contribution >= 0.6 is 65.8 Å². The van der Waals surface area contributed by atoms with Crippen molar-refractivity contribution in [2.45, 2.75) is 5.33 Å². The fourth-order valence-electron chi connectivity index (χ4n) is 1.16. The van der Waals surface area contributed by atoms with Crippen molar-refractivity contribution in [3.05, 3.63) is 31.1 Å². The van der Waals surface area contributed by atoms with Crippen molar-refractivity contribution in [3.63, 3.8) is 0 Å². The number of hydrogen-bond acceptors (Lipinski definition) is 1. The van der Waals surface area contributed by atoms with Crippen LogP contribution in [-0.2, 0) is 5.33 Å². The predicted octanol–water partition coefficient (Wildman–Crippen LogP) is 5.16. The summed E-state index contributed by atoms with van der Waals surface area (Å²) in [7, 11) is 0. The van der Waals surface area contributed by atoms with E-state index in [0.29, 0.717) is 0 Å². The van der Waals surface area contributed by atoms with E-state index in [1.165, 1.54) is 23.0 Å². The van der Waals surface area contributed by atoms with Crippen LogP contribution in [0.5, 0.6) is 0 Å². The molecule has 0 spiro atoms. The van der Waals surface area contributed by atoms with Gasteiger partial charge in [-0.05, 0) is 62.1 Å². The van der Waals surface area contributed by atoms with Crippen molar-refractivity contribution in [3.8, 4) is 0 Å². The van der Waals surface area contributed by atoms with Crippen LogP contribution in [0.3, 0.4) is 0 Å². The van der Waals surface area contributed by atoms with Gasteiger partial charge in [-0.15, -0.1) is 11.3 Å². The van der Waals surface area contributed by atoms with Crippen LogP contribution < -0.4 is 0 Å². The molecule has 2 rings (SSSR count). The highest BCUT2D eigenvalue weighted by atomic mass is 127. The molecule has 0 nitrogen and oxygen atoms in total. The van der Waals surface area contributed by atoms with E-state index in [-0.39, 0.29) is 0 Å². The summed E-state index contributed by atoms with van der Waals surface area (Å²) in [6.07, 6.45) is 0. The average molecular weight is 432 g/mol. The summed E-state index contributed by atoms with van der Waals surface area (Å²) in [4.78, 5) is 1.38. The molecule has 0 saturated heterocycles. The molecular formula is C9H5Br2IS. The molecule has 13 heavy (non-hydrogen) atoms. The van der Waals surface area contributed by atoms with Crippen molar-refractivity contribution in [1.29, 1.82) is 0 Å². The molecule has 68 valence electrons. The number of benzene rings is 1. The molecule has 2 aromatic rings. The largest absolute Gasteiger partial charge is 0.139 e. The van der Waals surface area contributed by atoms with E-state index in [1.54, 1.807) is 0 Å². The third-order valence-electron chi connectivity index (χ3n) is 1.74. The van der Waals surface area contributed by atoms with Gasteiger partial charge in [0.05, 0.1) is 0 Å². The Balaban J connectivity index is 2.70. The number of rotatable bonds is 1. The average Bonchev–Trinajstić information content (AvgIpc) is 2.48. The molecule has 0 atom stereocenters. The first-order valence-electron chi connectivity index (χ1n) is 3.64. The van der Waals surface area contributed by atoms with Crippen molar-refractivity contribution < 1.29 is 0 Å². The summed E-state index contributed by atoms with van der Waals surface area (Å²) >= 11 is 11.2. The normalized spacial score (nSPS) is 11.0. The van der Waals surface area contributed by atoms with E-state index in [0.717, 1.165) is 5.33 Å². The Morgan fingerprint density at radius 2 is 2.08 bits per heavy atom. The minimum absolute atomic E-state index is 0.945. The molecule has 0 amide bonds. The fraction of sp³-hybridized carbons (Fsp3) is 0.111. The number of fused-ring (bicyclic) bond motifs is 1. The van der Waals surface area contributed by atoms with Crippen molar-refractivity contribution in [1.82, 2.24) is 0 Å². The molecule has 1 heterocycles. The van der Waals surface area contributed by atoms with Crippen LogP contribution in [-0.4, -0.2) is 0 Å². The first kappa shape index (κ1) is 10.4. The SMILES string of the molecule is BrCc1cc2cc(I)c(Br)cc2s1. The van der Waals surface area contributed by atoms with Gasteiger partial charge in [-0.25, -0.2) is 0 Å². The van der Waals surface area contributed by atoms with Crippen LogP contribution in [0.1, 0.15) is 4.88 Å². The van der Waals surface area contributed by atoms with E-state index in [2.05, 4.69) is 72.6 Å². The molecule has 0 aliphatic heterocycles. The van der Waals surface area contributed by atoms with Gasteiger partial charge in [0.25, 0.3) is 0 Å². The molecule has 0 radical (unpaired) electrons. The Bertz CT molecular complexity index is 411. The summed E-state index contributed by atoms with van der Waals surface area (Å²) in [6.45, 7) is 0. The number of alkyl halides is 1. The molecule has 1 aromatic carbocycles. The minimum Gasteiger partial charge on any atom is -0.139 e. The van der Waals surface area contributed by atoms with Crippen LogP contribution in [0.25, 0.3) is 10.1 Å². The van der Waals surface area contributed by atoms with Gasteiger partial charge in [0, 0.05) is 23.0 Å². The third kappa shape index (κ3) is 2.11. The molecule has 0 N–H and O–H groups in total. The van der Waals surface area contributed by atoms with Crippen molar-refractivity contribution >= 4 is 75.9 Å². The molecule has 0 unspecified atom stereocenters. The van der Waals surface area contributed by atoms with E-state index < -0.39 is 0 Å². The maximum atomic E-state index is 3.53. The molecule has 1 aromatic heterocycles.